The Labute approximate surface area is 85.9 Å². The predicted octanol–water partition coefficient (Wildman–Crippen LogP) is 3.26. The van der Waals surface area contributed by atoms with E-state index in [1.807, 2.05) is 12.1 Å². The quantitative estimate of drug-likeness (QED) is 0.791. The predicted molar refractivity (Wildman–Crippen MR) is 61.8 cm³/mol. The van der Waals surface area contributed by atoms with Crippen molar-refractivity contribution < 1.29 is 0 Å². The van der Waals surface area contributed by atoms with Crippen LogP contribution in [0.4, 0.5) is 5.82 Å². The zero-order chi connectivity index (χ0) is 10.4. The molecule has 0 saturated carbocycles. The third kappa shape index (κ3) is 2.59. The molecule has 0 fully saturated rings. The third-order valence-electron chi connectivity index (χ3n) is 2.15. The van der Waals surface area contributed by atoms with Crippen LogP contribution in [0.2, 0.25) is 0 Å². The summed E-state index contributed by atoms with van der Waals surface area (Å²) in [6.45, 7) is 4.32. The normalized spacial score (nSPS) is 11.7. The maximum Gasteiger partial charge on any atom is 0.130 e. The first-order chi connectivity index (χ1) is 6.79. The molecule has 0 saturated heterocycles. The molecule has 0 bridgehead atoms. The Bertz CT molecular complexity index is 316. The van der Waals surface area contributed by atoms with Gasteiger partial charge in [0.05, 0.1) is 0 Å². The smallest absolute Gasteiger partial charge is 0.130 e. The lowest BCUT2D eigenvalue weighted by atomic mass is 10.0. The Morgan fingerprint density at radius 3 is 2.86 bits per heavy atom. The van der Waals surface area contributed by atoms with Crippen LogP contribution in [0, 0.1) is 0 Å². The highest BCUT2D eigenvalue weighted by molar-refractivity contribution is 5.72. The van der Waals surface area contributed by atoms with Gasteiger partial charge in [0.1, 0.15) is 5.82 Å². The van der Waals surface area contributed by atoms with E-state index in [1.54, 1.807) is 6.20 Å². The molecule has 14 heavy (non-hydrogen) atoms. The van der Waals surface area contributed by atoms with E-state index in [9.17, 15) is 0 Å². The zero-order valence-corrected chi connectivity index (χ0v) is 8.96. The number of allylic oxidation sites excluding steroid dienone is 2. The molecule has 1 aromatic heterocycles. The molecule has 0 aliphatic carbocycles. The number of nitrogens with zero attached hydrogens (tertiary/aromatic N) is 1. The summed E-state index contributed by atoms with van der Waals surface area (Å²) in [7, 11) is 0. The zero-order valence-electron chi connectivity index (χ0n) is 8.96. The third-order valence-corrected chi connectivity index (χ3v) is 2.15. The minimum atomic E-state index is 0.639. The van der Waals surface area contributed by atoms with Crippen LogP contribution in [-0.2, 0) is 0 Å². The Morgan fingerprint density at radius 2 is 2.29 bits per heavy atom. The van der Waals surface area contributed by atoms with Gasteiger partial charge in [-0.3, -0.25) is 0 Å². The van der Waals surface area contributed by atoms with Crippen molar-refractivity contribution in [2.45, 2.75) is 33.1 Å². The molecule has 76 valence electrons. The summed E-state index contributed by atoms with van der Waals surface area (Å²) in [6, 6.07) is 3.98. The van der Waals surface area contributed by atoms with Gasteiger partial charge < -0.3 is 5.73 Å². The first-order valence-corrected chi connectivity index (χ1v) is 5.19. The molecule has 0 aliphatic rings. The average Bonchev–Trinajstić information content (AvgIpc) is 2.18. The van der Waals surface area contributed by atoms with Crippen molar-refractivity contribution in [3.63, 3.8) is 0 Å². The Kier molecular flexibility index (Phi) is 4.17. The molecule has 1 aromatic rings. The summed E-state index contributed by atoms with van der Waals surface area (Å²) >= 11 is 0. The van der Waals surface area contributed by atoms with Gasteiger partial charge in [-0.05, 0) is 30.5 Å². The maximum absolute atomic E-state index is 5.83. The number of rotatable bonds is 4. The maximum atomic E-state index is 5.83. The first-order valence-electron chi connectivity index (χ1n) is 5.19. The second-order valence-corrected chi connectivity index (χ2v) is 3.32. The minimum absolute atomic E-state index is 0.639. The highest BCUT2D eigenvalue weighted by atomic mass is 14.8. The average molecular weight is 190 g/mol. The second-order valence-electron chi connectivity index (χ2n) is 3.32. The summed E-state index contributed by atoms with van der Waals surface area (Å²) in [6.07, 6.45) is 7.22. The van der Waals surface area contributed by atoms with Crippen LogP contribution in [0.25, 0.3) is 5.57 Å². The largest absolute Gasteiger partial charge is 0.383 e. The van der Waals surface area contributed by atoms with Crippen molar-refractivity contribution in [3.8, 4) is 0 Å². The molecule has 0 spiro atoms. The summed E-state index contributed by atoms with van der Waals surface area (Å²) in [5, 5.41) is 0. The van der Waals surface area contributed by atoms with Gasteiger partial charge in [-0.2, -0.15) is 0 Å². The van der Waals surface area contributed by atoms with Gasteiger partial charge in [0, 0.05) is 11.8 Å². The molecule has 0 amide bonds. The molecule has 0 aromatic carbocycles. The van der Waals surface area contributed by atoms with Gasteiger partial charge in [-0.25, -0.2) is 4.98 Å². The van der Waals surface area contributed by atoms with E-state index in [4.69, 9.17) is 5.73 Å². The standard InChI is InChI=1S/C12H18N2/c1-3-6-10(7-4-2)11-8-5-9-14-12(11)13/h5-6,8-9H,3-4,7H2,1-2H3,(H2,13,14)/b10-6+. The molecule has 1 heterocycles. The van der Waals surface area contributed by atoms with Crippen LogP contribution in [0.1, 0.15) is 38.7 Å². The Balaban J connectivity index is 2.99. The monoisotopic (exact) mass is 190 g/mol. The number of aromatic nitrogens is 1. The van der Waals surface area contributed by atoms with Gasteiger partial charge in [0.25, 0.3) is 0 Å². The number of hydrogen-bond donors (Lipinski definition) is 1. The number of anilines is 1. The SMILES string of the molecule is CC/C=C(\CCC)c1cccnc1N. The summed E-state index contributed by atoms with van der Waals surface area (Å²) in [5.74, 6) is 0.639. The van der Waals surface area contributed by atoms with Crippen molar-refractivity contribution in [1.29, 1.82) is 0 Å². The van der Waals surface area contributed by atoms with E-state index in [0.29, 0.717) is 5.82 Å². The van der Waals surface area contributed by atoms with Gasteiger partial charge in [0.15, 0.2) is 0 Å². The highest BCUT2D eigenvalue weighted by Gasteiger charge is 2.04. The highest BCUT2D eigenvalue weighted by Crippen LogP contribution is 2.23. The van der Waals surface area contributed by atoms with Crippen LogP contribution in [0.3, 0.4) is 0 Å². The molecule has 2 N–H and O–H groups in total. The van der Waals surface area contributed by atoms with Crippen molar-refractivity contribution in [2.24, 2.45) is 0 Å². The fourth-order valence-corrected chi connectivity index (χ4v) is 1.55. The van der Waals surface area contributed by atoms with Gasteiger partial charge in [-0.1, -0.05) is 26.3 Å². The summed E-state index contributed by atoms with van der Waals surface area (Å²) < 4.78 is 0. The molecule has 0 aliphatic heterocycles. The van der Waals surface area contributed by atoms with Crippen LogP contribution >= 0.6 is 0 Å². The summed E-state index contributed by atoms with van der Waals surface area (Å²) in [5.41, 5.74) is 8.24. The molecule has 0 radical (unpaired) electrons. The topological polar surface area (TPSA) is 38.9 Å². The first kappa shape index (κ1) is 10.8. The number of nitrogens with two attached hydrogens (primary N) is 1. The molecular formula is C12H18N2. The van der Waals surface area contributed by atoms with Crippen molar-refractivity contribution >= 4 is 11.4 Å². The lowest BCUT2D eigenvalue weighted by Gasteiger charge is -2.08. The van der Waals surface area contributed by atoms with Gasteiger partial charge in [-0.15, -0.1) is 0 Å². The fourth-order valence-electron chi connectivity index (χ4n) is 1.55. The van der Waals surface area contributed by atoms with E-state index in [-0.39, 0.29) is 0 Å². The molecule has 0 unspecified atom stereocenters. The lowest BCUT2D eigenvalue weighted by Crippen LogP contribution is -1.96. The fraction of sp³-hybridized carbons (Fsp3) is 0.417. The van der Waals surface area contributed by atoms with Crippen LogP contribution in [0.15, 0.2) is 24.4 Å². The van der Waals surface area contributed by atoms with E-state index < -0.39 is 0 Å². The molecule has 2 heteroatoms. The number of nitrogen functional groups attached to an aromatic ring is 1. The van der Waals surface area contributed by atoms with E-state index in [0.717, 1.165) is 24.8 Å². The van der Waals surface area contributed by atoms with E-state index in [2.05, 4.69) is 24.9 Å². The van der Waals surface area contributed by atoms with Crippen molar-refractivity contribution in [3.05, 3.63) is 30.0 Å². The minimum Gasteiger partial charge on any atom is -0.383 e. The molecule has 1 rings (SSSR count). The number of pyridine rings is 1. The van der Waals surface area contributed by atoms with E-state index in [1.165, 1.54) is 5.57 Å². The van der Waals surface area contributed by atoms with Crippen LogP contribution in [-0.4, -0.2) is 4.98 Å². The van der Waals surface area contributed by atoms with Crippen LogP contribution in [0.5, 0.6) is 0 Å². The Hall–Kier alpha value is -1.31. The molecule has 0 atom stereocenters. The van der Waals surface area contributed by atoms with Crippen molar-refractivity contribution in [2.75, 3.05) is 5.73 Å². The second kappa shape index (κ2) is 5.43. The molecule has 2 nitrogen and oxygen atoms in total. The molecular weight excluding hydrogens is 172 g/mol. The van der Waals surface area contributed by atoms with E-state index >= 15 is 0 Å². The Morgan fingerprint density at radius 1 is 1.50 bits per heavy atom. The van der Waals surface area contributed by atoms with Gasteiger partial charge >= 0.3 is 0 Å². The van der Waals surface area contributed by atoms with Crippen LogP contribution < -0.4 is 5.73 Å². The van der Waals surface area contributed by atoms with Gasteiger partial charge in [0.2, 0.25) is 0 Å². The summed E-state index contributed by atoms with van der Waals surface area (Å²) in [4.78, 5) is 4.10. The lowest BCUT2D eigenvalue weighted by molar-refractivity contribution is 0.966. The van der Waals surface area contributed by atoms with Crippen molar-refractivity contribution in [1.82, 2.24) is 4.98 Å². The number of hydrogen-bond acceptors (Lipinski definition) is 2.